The van der Waals surface area contributed by atoms with Gasteiger partial charge in [-0.25, -0.2) is 0 Å². The van der Waals surface area contributed by atoms with Gasteiger partial charge in [0.1, 0.15) is 17.1 Å². The average molecular weight is 213 g/mol. The van der Waals surface area contributed by atoms with Gasteiger partial charge < -0.3 is 9.16 Å². The van der Waals surface area contributed by atoms with Crippen LogP contribution >= 0.6 is 0 Å². The van der Waals surface area contributed by atoms with Crippen LogP contribution in [0.5, 0.6) is 5.75 Å². The first-order valence-corrected chi connectivity index (χ1v) is 4.92. The molecule has 1 rings (SSSR count). The van der Waals surface area contributed by atoms with Gasteiger partial charge in [-0.05, 0) is 6.07 Å². The van der Waals surface area contributed by atoms with Gasteiger partial charge in [-0.2, -0.15) is 0 Å². The van der Waals surface area contributed by atoms with Crippen LogP contribution in [0.15, 0.2) is 24.3 Å². The van der Waals surface area contributed by atoms with E-state index in [0.29, 0.717) is 23.7 Å². The van der Waals surface area contributed by atoms with Crippen molar-refractivity contribution in [2.45, 2.75) is 0 Å². The van der Waals surface area contributed by atoms with Crippen molar-refractivity contribution in [3.63, 3.8) is 0 Å². The fraction of sp³-hybridized carbons (Fsp3) is 0.250. The molecule has 0 bridgehead atoms. The minimum Gasteiger partial charge on any atom is -0.484 e. The molecule has 0 aliphatic carbocycles. The molecule has 0 radical (unpaired) electrons. The van der Waals surface area contributed by atoms with Crippen molar-refractivity contribution in [1.29, 1.82) is 0 Å². The zero-order valence-electron chi connectivity index (χ0n) is 7.80. The molecule has 0 aromatic heterocycles. The van der Waals surface area contributed by atoms with E-state index in [4.69, 9.17) is 9.16 Å². The van der Waals surface area contributed by atoms with Crippen molar-refractivity contribution in [2.24, 2.45) is 0 Å². The molecule has 0 fully saturated rings. The second kappa shape index (κ2) is 5.35. The van der Waals surface area contributed by atoms with Gasteiger partial charge in [-0.1, -0.05) is 12.1 Å². The number of ether oxygens (including phenoxy) is 1. The number of nitro benzene ring substituents is 1. The molecule has 0 aliphatic rings. The van der Waals surface area contributed by atoms with Crippen LogP contribution in [0.4, 0.5) is 5.69 Å². The molecule has 0 saturated carbocycles. The summed E-state index contributed by atoms with van der Waals surface area (Å²) in [7, 11) is 0.647. The number of nitrogens with zero attached hydrogens (tertiary/aromatic N) is 1. The monoisotopic (exact) mass is 213 g/mol. The van der Waals surface area contributed by atoms with E-state index in [9.17, 15) is 10.1 Å². The Morgan fingerprint density at radius 3 is 2.71 bits per heavy atom. The number of para-hydroxylation sites is 2. The summed E-state index contributed by atoms with van der Waals surface area (Å²) in [5.41, 5.74) is -0.0131. The summed E-state index contributed by atoms with van der Waals surface area (Å²) < 4.78 is 10.1. The highest BCUT2D eigenvalue weighted by Crippen LogP contribution is 2.25. The van der Waals surface area contributed by atoms with Crippen molar-refractivity contribution < 1.29 is 14.1 Å². The maximum atomic E-state index is 10.6. The highest BCUT2D eigenvalue weighted by molar-refractivity contribution is 5.97. The normalized spacial score (nSPS) is 10.0. The third-order valence-electron chi connectivity index (χ3n) is 1.61. The lowest BCUT2D eigenvalue weighted by atomic mass is 10.3. The van der Waals surface area contributed by atoms with E-state index in [1.165, 1.54) is 6.07 Å². The predicted molar refractivity (Wildman–Crippen MR) is 54.5 cm³/mol. The predicted octanol–water partition coefficient (Wildman–Crippen LogP) is 0.271. The van der Waals surface area contributed by atoms with Gasteiger partial charge in [0.15, 0.2) is 5.75 Å². The molecule has 0 saturated heterocycles. The van der Waals surface area contributed by atoms with Crippen molar-refractivity contribution in [2.75, 3.05) is 13.2 Å². The molecule has 0 amide bonds. The molecule has 1 aromatic carbocycles. The molecule has 1 aromatic rings. The molecule has 0 aliphatic heterocycles. The fourth-order valence-corrected chi connectivity index (χ4v) is 1.13. The van der Waals surface area contributed by atoms with E-state index in [1.807, 2.05) is 0 Å². The standard InChI is InChI=1S/C8H11NO4Si/c10-9(11)7-3-1-2-4-8(7)12-5-6-13-14/h1-4H,5-6H2,14H3. The summed E-state index contributed by atoms with van der Waals surface area (Å²) in [5.74, 6) is 0.288. The maximum absolute atomic E-state index is 10.6. The summed E-state index contributed by atoms with van der Waals surface area (Å²) >= 11 is 0. The van der Waals surface area contributed by atoms with Crippen LogP contribution < -0.4 is 4.74 Å². The number of nitro groups is 1. The summed E-state index contributed by atoms with van der Waals surface area (Å²) in [5, 5.41) is 10.6. The molecule has 76 valence electrons. The SMILES string of the molecule is O=[N+]([O-])c1ccccc1OCCO[SiH3]. The van der Waals surface area contributed by atoms with Crippen LogP contribution in [0, 0.1) is 10.1 Å². The quantitative estimate of drug-likeness (QED) is 0.305. The number of hydrogen-bond acceptors (Lipinski definition) is 4. The van der Waals surface area contributed by atoms with Crippen molar-refractivity contribution in [3.05, 3.63) is 34.4 Å². The van der Waals surface area contributed by atoms with Gasteiger partial charge >= 0.3 is 5.69 Å². The summed E-state index contributed by atoms with van der Waals surface area (Å²) in [6, 6.07) is 6.29. The highest BCUT2D eigenvalue weighted by atomic mass is 28.2. The Morgan fingerprint density at radius 1 is 1.36 bits per heavy atom. The Bertz CT molecular complexity index is 318. The van der Waals surface area contributed by atoms with Crippen LogP contribution in [0.3, 0.4) is 0 Å². The van der Waals surface area contributed by atoms with E-state index in [-0.39, 0.29) is 11.4 Å². The lowest BCUT2D eigenvalue weighted by Gasteiger charge is -2.05. The lowest BCUT2D eigenvalue weighted by Crippen LogP contribution is -2.06. The zero-order valence-corrected chi connectivity index (χ0v) is 9.80. The van der Waals surface area contributed by atoms with E-state index in [1.54, 1.807) is 18.2 Å². The largest absolute Gasteiger partial charge is 0.484 e. The van der Waals surface area contributed by atoms with Crippen LogP contribution in [0.1, 0.15) is 0 Å². The number of benzene rings is 1. The van der Waals surface area contributed by atoms with E-state index < -0.39 is 4.92 Å². The van der Waals surface area contributed by atoms with Crippen molar-refractivity contribution in [1.82, 2.24) is 0 Å². The lowest BCUT2D eigenvalue weighted by molar-refractivity contribution is -0.385. The molecule has 0 unspecified atom stereocenters. The third-order valence-corrected chi connectivity index (χ3v) is 2.02. The summed E-state index contributed by atoms with van der Waals surface area (Å²) in [6.45, 7) is 0.812. The van der Waals surface area contributed by atoms with Crippen molar-refractivity contribution >= 4 is 16.2 Å². The van der Waals surface area contributed by atoms with Gasteiger partial charge in [0.2, 0.25) is 0 Å². The zero-order chi connectivity index (χ0) is 10.4. The molecule has 5 nitrogen and oxygen atoms in total. The van der Waals surface area contributed by atoms with Gasteiger partial charge in [-0.15, -0.1) is 0 Å². The summed E-state index contributed by atoms with van der Waals surface area (Å²) in [4.78, 5) is 10.1. The van der Waals surface area contributed by atoms with Gasteiger partial charge in [0, 0.05) is 6.07 Å². The Labute approximate surface area is 84.3 Å². The fourth-order valence-electron chi connectivity index (χ4n) is 0.965. The molecule has 0 heterocycles. The Balaban J connectivity index is 2.69. The van der Waals surface area contributed by atoms with E-state index >= 15 is 0 Å². The van der Waals surface area contributed by atoms with Crippen LogP contribution in [0.2, 0.25) is 0 Å². The summed E-state index contributed by atoms with van der Waals surface area (Å²) in [6.07, 6.45) is 0. The Hall–Kier alpha value is -1.40. The average Bonchev–Trinajstić information content (AvgIpc) is 2.19. The molecule has 14 heavy (non-hydrogen) atoms. The number of hydrogen-bond donors (Lipinski definition) is 0. The first kappa shape index (κ1) is 10.7. The Morgan fingerprint density at radius 2 is 2.07 bits per heavy atom. The van der Waals surface area contributed by atoms with Crippen molar-refractivity contribution in [3.8, 4) is 5.75 Å². The van der Waals surface area contributed by atoms with Crippen LogP contribution in [-0.4, -0.2) is 28.6 Å². The van der Waals surface area contributed by atoms with Gasteiger partial charge in [0.05, 0.1) is 11.5 Å². The topological polar surface area (TPSA) is 61.6 Å². The van der Waals surface area contributed by atoms with Gasteiger partial charge in [0.25, 0.3) is 0 Å². The second-order valence-electron chi connectivity index (χ2n) is 2.57. The second-order valence-corrected chi connectivity index (χ2v) is 3.14. The minimum absolute atomic E-state index is 0.0131. The first-order valence-electron chi connectivity index (χ1n) is 4.11. The van der Waals surface area contributed by atoms with E-state index in [0.717, 1.165) is 0 Å². The highest BCUT2D eigenvalue weighted by Gasteiger charge is 2.12. The third kappa shape index (κ3) is 2.82. The molecule has 0 N–H and O–H groups in total. The van der Waals surface area contributed by atoms with Crippen LogP contribution in [0.25, 0.3) is 0 Å². The molecule has 0 spiro atoms. The Kier molecular flexibility index (Phi) is 4.08. The molecule has 6 heteroatoms. The van der Waals surface area contributed by atoms with Gasteiger partial charge in [-0.3, -0.25) is 10.1 Å². The maximum Gasteiger partial charge on any atom is 0.310 e. The minimum atomic E-state index is -0.461. The molecule has 0 atom stereocenters. The smallest absolute Gasteiger partial charge is 0.310 e. The molecular formula is C8H11NO4Si. The first-order chi connectivity index (χ1) is 6.75. The number of rotatable bonds is 5. The van der Waals surface area contributed by atoms with E-state index in [2.05, 4.69) is 0 Å². The van der Waals surface area contributed by atoms with Crippen LogP contribution in [-0.2, 0) is 4.43 Å². The molecular weight excluding hydrogens is 202 g/mol.